The standard InChI is InChI=1S/C33H40F3N5O3S/c1-22-10-12-40(21-22)45(43,44)41-13-11-37-18-28(41)4-3-5-29-31(36)19-38-20-32(29)39-33(42)17-30(24-6-8-26(34)9-7-24)25-14-23(2)15-27(35)16-25/h6-9,14-16,19-20,22,28,30,37H,3-5,10-13,17-18,21H2,1-2H3,(H,39,42)/t22-,28+,30+/m1/s1. The minimum absolute atomic E-state index is 0.0971. The number of pyridine rings is 1. The Morgan fingerprint density at radius 2 is 1.84 bits per heavy atom. The molecule has 3 heterocycles. The molecule has 0 saturated carbocycles. The number of benzene rings is 2. The van der Waals surface area contributed by atoms with Crippen LogP contribution in [-0.2, 0) is 21.4 Å². The predicted molar refractivity (Wildman–Crippen MR) is 167 cm³/mol. The highest BCUT2D eigenvalue weighted by Gasteiger charge is 2.38. The van der Waals surface area contributed by atoms with Crippen LogP contribution in [0, 0.1) is 30.3 Å². The van der Waals surface area contributed by atoms with E-state index in [-0.39, 0.29) is 30.1 Å². The van der Waals surface area contributed by atoms with Gasteiger partial charge in [-0.15, -0.1) is 0 Å². The largest absolute Gasteiger partial charge is 0.324 e. The van der Waals surface area contributed by atoms with Gasteiger partial charge in [-0.2, -0.15) is 17.0 Å². The van der Waals surface area contributed by atoms with Crippen LogP contribution in [0.1, 0.15) is 60.8 Å². The second-order valence-corrected chi connectivity index (χ2v) is 14.1. The number of hydrogen-bond donors (Lipinski definition) is 2. The second-order valence-electron chi connectivity index (χ2n) is 12.2. The normalized spacial score (nSPS) is 20.3. The van der Waals surface area contributed by atoms with E-state index in [0.29, 0.717) is 68.2 Å². The molecule has 2 aliphatic heterocycles. The van der Waals surface area contributed by atoms with Crippen LogP contribution >= 0.6 is 0 Å². The molecule has 2 saturated heterocycles. The van der Waals surface area contributed by atoms with E-state index < -0.39 is 39.5 Å². The van der Waals surface area contributed by atoms with Gasteiger partial charge in [0.25, 0.3) is 10.2 Å². The number of nitrogens with one attached hydrogen (secondary N) is 2. The van der Waals surface area contributed by atoms with Crippen molar-refractivity contribution in [2.24, 2.45) is 5.92 Å². The van der Waals surface area contributed by atoms with Gasteiger partial charge in [0.15, 0.2) is 0 Å². The molecule has 45 heavy (non-hydrogen) atoms. The highest BCUT2D eigenvalue weighted by Crippen LogP contribution is 2.31. The fraction of sp³-hybridized carbons (Fsp3) is 0.455. The number of nitrogens with zero attached hydrogens (tertiary/aromatic N) is 3. The summed E-state index contributed by atoms with van der Waals surface area (Å²) in [6.45, 7) is 6.30. The lowest BCUT2D eigenvalue weighted by molar-refractivity contribution is -0.116. The number of halogens is 3. The monoisotopic (exact) mass is 643 g/mol. The van der Waals surface area contributed by atoms with E-state index in [2.05, 4.69) is 22.5 Å². The van der Waals surface area contributed by atoms with Crippen LogP contribution in [0.15, 0.2) is 54.9 Å². The maximum atomic E-state index is 15.1. The summed E-state index contributed by atoms with van der Waals surface area (Å²) in [5, 5.41) is 6.07. The molecule has 0 aliphatic carbocycles. The Morgan fingerprint density at radius 1 is 1.07 bits per heavy atom. The van der Waals surface area contributed by atoms with Gasteiger partial charge in [-0.3, -0.25) is 9.78 Å². The first-order chi connectivity index (χ1) is 21.5. The number of piperazine rings is 1. The number of aryl methyl sites for hydroxylation is 1. The van der Waals surface area contributed by atoms with Gasteiger partial charge in [0.2, 0.25) is 5.91 Å². The van der Waals surface area contributed by atoms with Gasteiger partial charge < -0.3 is 10.6 Å². The zero-order chi connectivity index (χ0) is 32.1. The first-order valence-corrected chi connectivity index (χ1v) is 16.8. The number of carbonyl (C=O) groups is 1. The number of aromatic nitrogens is 1. The summed E-state index contributed by atoms with van der Waals surface area (Å²) in [6, 6.07) is 9.98. The Hall–Kier alpha value is -3.32. The van der Waals surface area contributed by atoms with Gasteiger partial charge >= 0.3 is 0 Å². The van der Waals surface area contributed by atoms with Crippen molar-refractivity contribution in [3.63, 3.8) is 0 Å². The van der Waals surface area contributed by atoms with E-state index in [0.717, 1.165) is 12.6 Å². The third-order valence-corrected chi connectivity index (χ3v) is 10.7. The topological polar surface area (TPSA) is 94.6 Å². The average Bonchev–Trinajstić information content (AvgIpc) is 3.45. The van der Waals surface area contributed by atoms with Crippen molar-refractivity contribution in [3.05, 3.63) is 94.6 Å². The fourth-order valence-electron chi connectivity index (χ4n) is 6.36. The third-order valence-electron chi connectivity index (χ3n) is 8.68. The summed E-state index contributed by atoms with van der Waals surface area (Å²) in [6.07, 6.45) is 4.49. The van der Waals surface area contributed by atoms with Gasteiger partial charge in [-0.05, 0) is 79.5 Å². The molecule has 0 spiro atoms. The van der Waals surface area contributed by atoms with E-state index in [1.165, 1.54) is 30.5 Å². The average molecular weight is 644 g/mol. The van der Waals surface area contributed by atoms with E-state index in [9.17, 15) is 22.0 Å². The molecule has 2 aliphatic rings. The Bertz CT molecular complexity index is 1590. The molecule has 1 amide bonds. The van der Waals surface area contributed by atoms with E-state index in [1.54, 1.807) is 33.7 Å². The smallest absolute Gasteiger partial charge is 0.282 e. The highest BCUT2D eigenvalue weighted by atomic mass is 32.2. The fourth-order valence-corrected chi connectivity index (χ4v) is 8.31. The number of rotatable bonds is 11. The maximum absolute atomic E-state index is 15.1. The zero-order valence-electron chi connectivity index (χ0n) is 25.6. The van der Waals surface area contributed by atoms with Crippen LogP contribution in [-0.4, -0.2) is 66.7 Å². The molecule has 1 aromatic heterocycles. The number of carbonyl (C=O) groups excluding carboxylic acids is 1. The minimum atomic E-state index is -3.60. The molecule has 2 fully saturated rings. The summed E-state index contributed by atoms with van der Waals surface area (Å²) in [7, 11) is -3.60. The van der Waals surface area contributed by atoms with Gasteiger partial charge in [-0.25, -0.2) is 13.2 Å². The molecule has 5 rings (SSSR count). The van der Waals surface area contributed by atoms with Crippen LogP contribution in [0.25, 0.3) is 0 Å². The third kappa shape index (κ3) is 8.10. The number of hydrogen-bond acceptors (Lipinski definition) is 5. The lowest BCUT2D eigenvalue weighted by Gasteiger charge is -2.37. The highest BCUT2D eigenvalue weighted by molar-refractivity contribution is 7.86. The summed E-state index contributed by atoms with van der Waals surface area (Å²) in [5.41, 5.74) is 2.40. The summed E-state index contributed by atoms with van der Waals surface area (Å²) in [4.78, 5) is 17.3. The van der Waals surface area contributed by atoms with E-state index in [4.69, 9.17) is 0 Å². The van der Waals surface area contributed by atoms with Gasteiger partial charge in [-0.1, -0.05) is 25.1 Å². The van der Waals surface area contributed by atoms with Crippen molar-refractivity contribution in [3.8, 4) is 0 Å². The molecule has 2 N–H and O–H groups in total. The zero-order valence-corrected chi connectivity index (χ0v) is 26.4. The molecule has 8 nitrogen and oxygen atoms in total. The number of anilines is 1. The molecular formula is C33H40F3N5O3S. The molecule has 242 valence electrons. The summed E-state index contributed by atoms with van der Waals surface area (Å²) in [5.74, 6) is -2.12. The van der Waals surface area contributed by atoms with Crippen LogP contribution in [0.2, 0.25) is 0 Å². The van der Waals surface area contributed by atoms with Gasteiger partial charge in [0, 0.05) is 56.7 Å². The van der Waals surface area contributed by atoms with Crippen molar-refractivity contribution in [2.45, 2.75) is 57.9 Å². The molecule has 12 heteroatoms. The molecule has 0 radical (unpaired) electrons. The molecular weight excluding hydrogens is 603 g/mol. The van der Waals surface area contributed by atoms with Crippen LogP contribution in [0.3, 0.4) is 0 Å². The lowest BCUT2D eigenvalue weighted by atomic mass is 9.87. The van der Waals surface area contributed by atoms with Crippen LogP contribution in [0.5, 0.6) is 0 Å². The molecule has 0 bridgehead atoms. The predicted octanol–water partition coefficient (Wildman–Crippen LogP) is 5.15. The Kier molecular flexibility index (Phi) is 10.6. The SMILES string of the molecule is Cc1cc(F)cc([C@@H](CC(=O)Nc2cncc(F)c2CCC[C@H]2CNCCN2S(=O)(=O)N2CC[C@@H](C)C2)c2ccc(F)cc2)c1. The van der Waals surface area contributed by atoms with Crippen LogP contribution < -0.4 is 10.6 Å². The quantitative estimate of drug-likeness (QED) is 0.302. The second kappa shape index (κ2) is 14.4. The Balaban J connectivity index is 1.28. The van der Waals surface area contributed by atoms with Crippen molar-refractivity contribution < 1.29 is 26.4 Å². The van der Waals surface area contributed by atoms with Gasteiger partial charge in [0.1, 0.15) is 17.5 Å². The first kappa shape index (κ1) is 33.1. The van der Waals surface area contributed by atoms with Crippen molar-refractivity contribution in [1.82, 2.24) is 18.9 Å². The van der Waals surface area contributed by atoms with Crippen molar-refractivity contribution in [2.75, 3.05) is 38.0 Å². The van der Waals surface area contributed by atoms with Crippen molar-refractivity contribution in [1.29, 1.82) is 0 Å². The maximum Gasteiger partial charge on any atom is 0.282 e. The Labute approximate surface area is 263 Å². The van der Waals surface area contributed by atoms with E-state index in [1.807, 2.05) is 0 Å². The van der Waals surface area contributed by atoms with E-state index >= 15 is 4.39 Å². The molecule has 2 aromatic carbocycles. The lowest BCUT2D eigenvalue weighted by Crippen LogP contribution is -2.57. The molecule has 0 unspecified atom stereocenters. The van der Waals surface area contributed by atoms with Gasteiger partial charge in [0.05, 0.1) is 18.1 Å². The summed E-state index contributed by atoms with van der Waals surface area (Å²) < 4.78 is 73.1. The van der Waals surface area contributed by atoms with Crippen molar-refractivity contribution >= 4 is 21.8 Å². The first-order valence-electron chi connectivity index (χ1n) is 15.4. The minimum Gasteiger partial charge on any atom is -0.324 e. The number of amides is 1. The molecule has 3 aromatic rings. The molecule has 3 atom stereocenters. The van der Waals surface area contributed by atoms with Crippen LogP contribution in [0.4, 0.5) is 18.9 Å². The Morgan fingerprint density at radius 3 is 2.56 bits per heavy atom. The summed E-state index contributed by atoms with van der Waals surface area (Å²) >= 11 is 0.